The lowest BCUT2D eigenvalue weighted by atomic mass is 9.96. The molecule has 1 N–H and O–H groups in total. The minimum atomic E-state index is 0.811. The summed E-state index contributed by atoms with van der Waals surface area (Å²) in [5, 5.41) is 7.86. The van der Waals surface area contributed by atoms with Gasteiger partial charge >= 0.3 is 0 Å². The Balaban J connectivity index is 1.23. The number of aryl methyl sites for hydroxylation is 1. The number of aromatic amines is 1. The summed E-state index contributed by atoms with van der Waals surface area (Å²) in [4.78, 5) is 18.1. The van der Waals surface area contributed by atoms with Crippen molar-refractivity contribution in [1.29, 1.82) is 0 Å². The van der Waals surface area contributed by atoms with Crippen LogP contribution in [-0.2, 0) is 19.4 Å². The van der Waals surface area contributed by atoms with Crippen LogP contribution in [-0.4, -0.2) is 56.2 Å². The van der Waals surface area contributed by atoms with Crippen LogP contribution in [0.4, 0.5) is 5.95 Å². The average Bonchev–Trinajstić information content (AvgIpc) is 3.18. The number of H-pyrrole nitrogens is 1. The van der Waals surface area contributed by atoms with Gasteiger partial charge in [0.2, 0.25) is 5.95 Å². The maximum atomic E-state index is 4.78. The van der Waals surface area contributed by atoms with E-state index in [9.17, 15) is 0 Å². The second kappa shape index (κ2) is 7.67. The van der Waals surface area contributed by atoms with E-state index in [-0.39, 0.29) is 0 Å². The third-order valence-corrected chi connectivity index (χ3v) is 5.79. The van der Waals surface area contributed by atoms with Gasteiger partial charge in [-0.1, -0.05) is 0 Å². The Morgan fingerprint density at radius 2 is 1.75 bits per heavy atom. The van der Waals surface area contributed by atoms with E-state index in [0.717, 1.165) is 56.4 Å². The summed E-state index contributed by atoms with van der Waals surface area (Å²) in [7, 11) is 0. The topological polar surface area (TPSA) is 73.8 Å². The molecule has 144 valence electrons. The zero-order valence-corrected chi connectivity index (χ0v) is 16.0. The second-order valence-electron chi connectivity index (χ2n) is 7.58. The minimum absolute atomic E-state index is 0.811. The van der Waals surface area contributed by atoms with Crippen molar-refractivity contribution in [2.75, 3.05) is 31.1 Å². The zero-order chi connectivity index (χ0) is 18.8. The average molecular weight is 375 g/mol. The molecule has 0 amide bonds. The maximum Gasteiger partial charge on any atom is 0.225 e. The van der Waals surface area contributed by atoms with Crippen molar-refractivity contribution in [3.63, 3.8) is 0 Å². The van der Waals surface area contributed by atoms with E-state index in [4.69, 9.17) is 4.98 Å². The molecule has 1 saturated heterocycles. The SMILES string of the molecule is c1cc(-c2ccnc(N3CCN(Cc4n[nH]c5c4CCCC5)CC3)n2)ccn1. The Labute approximate surface area is 164 Å². The molecule has 3 aromatic rings. The van der Waals surface area contributed by atoms with Crippen LogP contribution in [0, 0.1) is 0 Å². The molecule has 0 saturated carbocycles. The zero-order valence-electron chi connectivity index (χ0n) is 16.0. The van der Waals surface area contributed by atoms with Crippen LogP contribution < -0.4 is 4.90 Å². The first-order chi connectivity index (χ1) is 13.9. The monoisotopic (exact) mass is 375 g/mol. The van der Waals surface area contributed by atoms with Crippen molar-refractivity contribution >= 4 is 5.95 Å². The number of fused-ring (bicyclic) bond motifs is 1. The number of piperazine rings is 1. The highest BCUT2D eigenvalue weighted by atomic mass is 15.3. The summed E-state index contributed by atoms with van der Waals surface area (Å²) >= 11 is 0. The van der Waals surface area contributed by atoms with Gasteiger partial charge < -0.3 is 4.90 Å². The van der Waals surface area contributed by atoms with Crippen molar-refractivity contribution in [3.05, 3.63) is 53.7 Å². The van der Waals surface area contributed by atoms with Crippen molar-refractivity contribution in [2.45, 2.75) is 32.2 Å². The largest absolute Gasteiger partial charge is 0.338 e. The van der Waals surface area contributed by atoms with Gasteiger partial charge in [0.15, 0.2) is 0 Å². The van der Waals surface area contributed by atoms with Gasteiger partial charge in [0.05, 0.1) is 11.4 Å². The van der Waals surface area contributed by atoms with Gasteiger partial charge in [-0.05, 0) is 49.4 Å². The predicted octanol–water partition coefficient (Wildman–Crippen LogP) is 2.46. The number of aromatic nitrogens is 5. The van der Waals surface area contributed by atoms with E-state index in [1.807, 2.05) is 24.4 Å². The van der Waals surface area contributed by atoms with Gasteiger partial charge in [-0.2, -0.15) is 5.10 Å². The number of hydrogen-bond donors (Lipinski definition) is 1. The van der Waals surface area contributed by atoms with Crippen LogP contribution in [0.2, 0.25) is 0 Å². The van der Waals surface area contributed by atoms with Crippen LogP contribution in [0.1, 0.15) is 29.8 Å². The van der Waals surface area contributed by atoms with Gasteiger partial charge in [0, 0.05) is 62.6 Å². The standard InChI is InChI=1S/C21H25N7/c1-2-4-19-17(3-1)20(26-25-19)15-27-11-13-28(14-12-27)21-23-10-7-18(24-21)16-5-8-22-9-6-16/h5-10H,1-4,11-15H2,(H,25,26). The quantitative estimate of drug-likeness (QED) is 0.755. The van der Waals surface area contributed by atoms with Gasteiger partial charge in [0.1, 0.15) is 0 Å². The van der Waals surface area contributed by atoms with Crippen molar-refractivity contribution in [2.24, 2.45) is 0 Å². The minimum Gasteiger partial charge on any atom is -0.338 e. The van der Waals surface area contributed by atoms with Gasteiger partial charge in [0.25, 0.3) is 0 Å². The molecule has 0 unspecified atom stereocenters. The van der Waals surface area contributed by atoms with Crippen LogP contribution in [0.15, 0.2) is 36.8 Å². The van der Waals surface area contributed by atoms with Crippen molar-refractivity contribution < 1.29 is 0 Å². The first-order valence-electron chi connectivity index (χ1n) is 10.1. The Morgan fingerprint density at radius 1 is 0.929 bits per heavy atom. The van der Waals surface area contributed by atoms with E-state index in [1.54, 1.807) is 12.4 Å². The Hall–Kier alpha value is -2.80. The summed E-state index contributed by atoms with van der Waals surface area (Å²) in [6.45, 7) is 4.82. The molecule has 5 rings (SSSR count). The fourth-order valence-electron chi connectivity index (χ4n) is 4.18. The predicted molar refractivity (Wildman–Crippen MR) is 108 cm³/mol. The summed E-state index contributed by atoms with van der Waals surface area (Å²) in [6.07, 6.45) is 10.3. The third kappa shape index (κ3) is 3.49. The Morgan fingerprint density at radius 3 is 2.61 bits per heavy atom. The number of anilines is 1. The lowest BCUT2D eigenvalue weighted by molar-refractivity contribution is 0.245. The molecule has 7 nitrogen and oxygen atoms in total. The van der Waals surface area contributed by atoms with E-state index in [1.165, 1.54) is 36.2 Å². The second-order valence-corrected chi connectivity index (χ2v) is 7.58. The summed E-state index contributed by atoms with van der Waals surface area (Å²) in [5.74, 6) is 0.811. The third-order valence-electron chi connectivity index (χ3n) is 5.79. The van der Waals surface area contributed by atoms with Crippen molar-refractivity contribution in [1.82, 2.24) is 30.0 Å². The van der Waals surface area contributed by atoms with E-state index in [0.29, 0.717) is 0 Å². The molecule has 4 heterocycles. The molecule has 3 aromatic heterocycles. The molecule has 7 heteroatoms. The van der Waals surface area contributed by atoms with Gasteiger partial charge in [-0.15, -0.1) is 0 Å². The first-order valence-corrected chi connectivity index (χ1v) is 10.1. The fourth-order valence-corrected chi connectivity index (χ4v) is 4.18. The lowest BCUT2D eigenvalue weighted by Gasteiger charge is -2.34. The van der Waals surface area contributed by atoms with Gasteiger partial charge in [-0.25, -0.2) is 9.97 Å². The number of nitrogens with one attached hydrogen (secondary N) is 1. The number of nitrogens with zero attached hydrogens (tertiary/aromatic N) is 6. The lowest BCUT2D eigenvalue weighted by Crippen LogP contribution is -2.46. The first kappa shape index (κ1) is 17.3. The number of rotatable bonds is 4. The maximum absolute atomic E-state index is 4.78. The Kier molecular flexibility index (Phi) is 4.74. The molecule has 2 aliphatic rings. The van der Waals surface area contributed by atoms with Crippen molar-refractivity contribution in [3.8, 4) is 11.3 Å². The molecule has 1 fully saturated rings. The highest BCUT2D eigenvalue weighted by Gasteiger charge is 2.23. The molecule has 0 radical (unpaired) electrons. The molecular weight excluding hydrogens is 350 g/mol. The molecule has 0 aromatic carbocycles. The summed E-state index contributed by atoms with van der Waals surface area (Å²) in [6, 6.07) is 5.92. The van der Waals surface area contributed by atoms with Crippen LogP contribution in [0.25, 0.3) is 11.3 Å². The molecule has 28 heavy (non-hydrogen) atoms. The number of hydrogen-bond acceptors (Lipinski definition) is 6. The molecule has 0 bridgehead atoms. The smallest absolute Gasteiger partial charge is 0.225 e. The molecule has 1 aliphatic carbocycles. The Bertz CT molecular complexity index is 929. The highest BCUT2D eigenvalue weighted by molar-refractivity contribution is 5.59. The molecule has 0 atom stereocenters. The number of pyridine rings is 1. The molecule has 0 spiro atoms. The van der Waals surface area contributed by atoms with E-state index in [2.05, 4.69) is 30.0 Å². The van der Waals surface area contributed by atoms with E-state index >= 15 is 0 Å². The van der Waals surface area contributed by atoms with Crippen LogP contribution >= 0.6 is 0 Å². The molecule has 1 aliphatic heterocycles. The van der Waals surface area contributed by atoms with E-state index < -0.39 is 0 Å². The van der Waals surface area contributed by atoms with Gasteiger partial charge in [-0.3, -0.25) is 15.0 Å². The normalized spacial score (nSPS) is 17.5. The molecular formula is C21H25N7. The summed E-state index contributed by atoms with van der Waals surface area (Å²) < 4.78 is 0. The highest BCUT2D eigenvalue weighted by Crippen LogP contribution is 2.24. The fraction of sp³-hybridized carbons (Fsp3) is 0.429. The van der Waals surface area contributed by atoms with Crippen LogP contribution in [0.3, 0.4) is 0 Å². The summed E-state index contributed by atoms with van der Waals surface area (Å²) in [5.41, 5.74) is 6.10. The van der Waals surface area contributed by atoms with Crippen LogP contribution in [0.5, 0.6) is 0 Å².